The number of sulfonamides is 1. The Labute approximate surface area is 202 Å². The van der Waals surface area contributed by atoms with Gasteiger partial charge in [-0.05, 0) is 76.8 Å². The summed E-state index contributed by atoms with van der Waals surface area (Å²) in [5.41, 5.74) is 2.47. The SMILES string of the molecule is C[C@H]1CCCCN1C(=O)C1CCC(NS(=O)(=O)c2ccc3c(C#N)c(C4CC4)n(C)c3c2)CC1. The molecule has 5 rings (SSSR count). The molecule has 0 unspecified atom stereocenters. The highest BCUT2D eigenvalue weighted by molar-refractivity contribution is 7.89. The van der Waals surface area contributed by atoms with Gasteiger partial charge in [0.25, 0.3) is 0 Å². The first kappa shape index (κ1) is 23.4. The van der Waals surface area contributed by atoms with Crippen molar-refractivity contribution in [2.45, 2.75) is 87.6 Å². The molecule has 1 saturated heterocycles. The van der Waals surface area contributed by atoms with Crippen molar-refractivity contribution in [1.29, 1.82) is 5.26 Å². The summed E-state index contributed by atoms with van der Waals surface area (Å²) < 4.78 is 31.3. The largest absolute Gasteiger partial charge is 0.346 e. The fraction of sp³-hybridized carbons (Fsp3) is 0.615. The lowest BCUT2D eigenvalue weighted by Crippen LogP contribution is -2.47. The number of aromatic nitrogens is 1. The third kappa shape index (κ3) is 4.25. The zero-order chi connectivity index (χ0) is 24.0. The lowest BCUT2D eigenvalue weighted by Gasteiger charge is -2.38. The maximum atomic E-state index is 13.2. The zero-order valence-electron chi connectivity index (χ0n) is 20.1. The minimum absolute atomic E-state index is 0.00581. The Kier molecular flexibility index (Phi) is 6.19. The van der Waals surface area contributed by atoms with Gasteiger partial charge in [0, 0.05) is 48.6 Å². The highest BCUT2D eigenvalue weighted by Crippen LogP contribution is 2.44. The molecule has 3 fully saturated rings. The van der Waals surface area contributed by atoms with E-state index < -0.39 is 10.0 Å². The second-order valence-electron chi connectivity index (χ2n) is 10.4. The van der Waals surface area contributed by atoms with Gasteiger partial charge in [0.05, 0.1) is 16.0 Å². The van der Waals surface area contributed by atoms with Crippen LogP contribution in [0.5, 0.6) is 0 Å². The summed E-state index contributed by atoms with van der Waals surface area (Å²) in [4.78, 5) is 15.3. The zero-order valence-corrected chi connectivity index (χ0v) is 20.9. The maximum absolute atomic E-state index is 13.2. The molecule has 2 aromatic rings. The molecule has 0 spiro atoms. The van der Waals surface area contributed by atoms with E-state index in [-0.39, 0.29) is 22.8 Å². The summed E-state index contributed by atoms with van der Waals surface area (Å²) in [6.07, 6.45) is 8.29. The van der Waals surface area contributed by atoms with E-state index in [9.17, 15) is 18.5 Å². The summed E-state index contributed by atoms with van der Waals surface area (Å²) in [5.74, 6) is 0.657. The standard InChI is InChI=1S/C26H34N4O3S/c1-17-5-3-4-14-30(17)26(31)19-8-10-20(11-9-19)28-34(32,33)21-12-13-22-23(16-27)25(18-6-7-18)29(2)24(22)15-21/h12-13,15,17-20,28H,3-11,14H2,1-2H3/t17-,19?,20?/m0/s1. The van der Waals surface area contributed by atoms with Gasteiger partial charge in [0.15, 0.2) is 0 Å². The number of likely N-dealkylation sites (tertiary alicyclic amines) is 1. The van der Waals surface area contributed by atoms with Crippen molar-refractivity contribution in [2.24, 2.45) is 13.0 Å². The van der Waals surface area contributed by atoms with Crippen molar-refractivity contribution >= 4 is 26.8 Å². The molecule has 1 aliphatic heterocycles. The lowest BCUT2D eigenvalue weighted by atomic mass is 9.85. The number of hydrogen-bond donors (Lipinski definition) is 1. The molecular weight excluding hydrogens is 448 g/mol. The molecule has 182 valence electrons. The number of nitrogens with one attached hydrogen (secondary N) is 1. The van der Waals surface area contributed by atoms with E-state index in [1.807, 2.05) is 16.5 Å². The van der Waals surface area contributed by atoms with Gasteiger partial charge < -0.3 is 9.47 Å². The van der Waals surface area contributed by atoms with Gasteiger partial charge in [-0.15, -0.1) is 0 Å². The minimum Gasteiger partial charge on any atom is -0.346 e. The highest BCUT2D eigenvalue weighted by Gasteiger charge is 2.34. The van der Waals surface area contributed by atoms with E-state index >= 15 is 0 Å². The predicted octanol–water partition coefficient (Wildman–Crippen LogP) is 4.17. The van der Waals surface area contributed by atoms with Gasteiger partial charge in [-0.25, -0.2) is 13.1 Å². The number of fused-ring (bicyclic) bond motifs is 1. The number of nitrogens with zero attached hydrogens (tertiary/aromatic N) is 3. The Hall–Kier alpha value is -2.37. The quantitative estimate of drug-likeness (QED) is 0.692. The molecule has 1 N–H and O–H groups in total. The highest BCUT2D eigenvalue weighted by atomic mass is 32.2. The Morgan fingerprint density at radius 1 is 1.09 bits per heavy atom. The van der Waals surface area contributed by atoms with Gasteiger partial charge in [-0.1, -0.05) is 6.07 Å². The number of carbonyl (C=O) groups excluding carboxylic acids is 1. The Balaban J connectivity index is 1.28. The third-order valence-electron chi connectivity index (χ3n) is 8.09. The van der Waals surface area contributed by atoms with E-state index in [0.717, 1.165) is 61.7 Å². The van der Waals surface area contributed by atoms with E-state index in [2.05, 4.69) is 17.7 Å². The van der Waals surface area contributed by atoms with Crippen LogP contribution in [-0.2, 0) is 21.9 Å². The van der Waals surface area contributed by atoms with Crippen LogP contribution in [0, 0.1) is 17.2 Å². The second-order valence-corrected chi connectivity index (χ2v) is 12.1. The van der Waals surface area contributed by atoms with Crippen molar-refractivity contribution in [3.8, 4) is 6.07 Å². The van der Waals surface area contributed by atoms with Crippen molar-refractivity contribution in [3.63, 3.8) is 0 Å². The van der Waals surface area contributed by atoms with E-state index in [1.165, 1.54) is 6.42 Å². The lowest BCUT2D eigenvalue weighted by molar-refractivity contribution is -0.140. The molecule has 7 nitrogen and oxygen atoms in total. The minimum atomic E-state index is -3.69. The first-order valence-corrected chi connectivity index (χ1v) is 14.1. The number of nitriles is 1. The molecule has 1 amide bonds. The number of hydrogen-bond acceptors (Lipinski definition) is 4. The van der Waals surface area contributed by atoms with E-state index in [1.54, 1.807) is 18.2 Å². The molecular formula is C26H34N4O3S. The maximum Gasteiger partial charge on any atom is 0.240 e. The van der Waals surface area contributed by atoms with Crippen LogP contribution >= 0.6 is 0 Å². The molecule has 1 aromatic carbocycles. The average Bonchev–Trinajstić information content (AvgIpc) is 3.63. The summed E-state index contributed by atoms with van der Waals surface area (Å²) in [7, 11) is -1.77. The van der Waals surface area contributed by atoms with Gasteiger partial charge >= 0.3 is 0 Å². The summed E-state index contributed by atoms with van der Waals surface area (Å²) in [5, 5.41) is 10.5. The first-order chi connectivity index (χ1) is 16.3. The summed E-state index contributed by atoms with van der Waals surface area (Å²) >= 11 is 0. The van der Waals surface area contributed by atoms with Crippen LogP contribution in [0.3, 0.4) is 0 Å². The molecule has 8 heteroatoms. The van der Waals surface area contributed by atoms with Crippen LogP contribution in [-0.4, -0.2) is 42.4 Å². The van der Waals surface area contributed by atoms with Crippen molar-refractivity contribution in [3.05, 3.63) is 29.5 Å². The summed E-state index contributed by atoms with van der Waals surface area (Å²) in [6, 6.07) is 7.55. The van der Waals surface area contributed by atoms with Crippen LogP contribution in [0.4, 0.5) is 0 Å². The predicted molar refractivity (Wildman–Crippen MR) is 131 cm³/mol. The van der Waals surface area contributed by atoms with Crippen molar-refractivity contribution in [2.75, 3.05) is 6.54 Å². The Bertz CT molecular complexity index is 1250. The molecule has 2 saturated carbocycles. The van der Waals surface area contributed by atoms with Gasteiger partial charge in [0.1, 0.15) is 6.07 Å². The number of carbonyl (C=O) groups is 1. The Morgan fingerprint density at radius 3 is 2.47 bits per heavy atom. The van der Waals surface area contributed by atoms with Crippen LogP contribution in [0.15, 0.2) is 23.1 Å². The number of amides is 1. The first-order valence-electron chi connectivity index (χ1n) is 12.7. The number of rotatable bonds is 5. The molecule has 2 aliphatic carbocycles. The van der Waals surface area contributed by atoms with Crippen LogP contribution < -0.4 is 4.72 Å². The smallest absolute Gasteiger partial charge is 0.240 e. The molecule has 34 heavy (non-hydrogen) atoms. The van der Waals surface area contributed by atoms with Crippen LogP contribution in [0.2, 0.25) is 0 Å². The van der Waals surface area contributed by atoms with Crippen molar-refractivity contribution in [1.82, 2.24) is 14.2 Å². The number of aryl methyl sites for hydroxylation is 1. The normalized spacial score (nSPS) is 25.9. The molecule has 3 aliphatic rings. The van der Waals surface area contributed by atoms with E-state index in [4.69, 9.17) is 0 Å². The fourth-order valence-corrected chi connectivity index (χ4v) is 7.29. The van der Waals surface area contributed by atoms with Gasteiger partial charge in [-0.3, -0.25) is 4.79 Å². The fourth-order valence-electron chi connectivity index (χ4n) is 5.96. The van der Waals surface area contributed by atoms with Gasteiger partial charge in [0.2, 0.25) is 15.9 Å². The van der Waals surface area contributed by atoms with Crippen molar-refractivity contribution < 1.29 is 13.2 Å². The average molecular weight is 483 g/mol. The molecule has 1 aromatic heterocycles. The third-order valence-corrected chi connectivity index (χ3v) is 9.61. The Morgan fingerprint density at radius 2 is 1.82 bits per heavy atom. The second kappa shape index (κ2) is 9.01. The van der Waals surface area contributed by atoms with Crippen LogP contribution in [0.1, 0.15) is 81.9 Å². The number of benzene rings is 1. The van der Waals surface area contributed by atoms with E-state index in [0.29, 0.717) is 30.4 Å². The molecule has 2 heterocycles. The molecule has 0 bridgehead atoms. The molecule has 0 radical (unpaired) electrons. The topological polar surface area (TPSA) is 95.2 Å². The summed E-state index contributed by atoms with van der Waals surface area (Å²) in [6.45, 7) is 2.98. The number of piperidine rings is 1. The van der Waals surface area contributed by atoms with Gasteiger partial charge in [-0.2, -0.15) is 5.26 Å². The monoisotopic (exact) mass is 482 g/mol. The van der Waals surface area contributed by atoms with Crippen LogP contribution in [0.25, 0.3) is 10.9 Å². The molecule has 1 atom stereocenters.